The fraction of sp³-hybridized carbons (Fsp3) is 0.0714. The Kier molecular flexibility index (Phi) is 4.30. The molecule has 0 spiro atoms. The first-order valence-electron chi connectivity index (χ1n) is 6.48. The standard InChI is InChI=1S/C14H10F2N4OS2/c15-8-4-9(16)6-10(5-8)17-12(21)7-20-13(18-19-14(20)22)11-2-1-3-23-11/h1-6H,7H2,(H,17,21)(H,19,22). The van der Waals surface area contributed by atoms with Crippen molar-refractivity contribution in [1.29, 1.82) is 0 Å². The summed E-state index contributed by atoms with van der Waals surface area (Å²) in [6.07, 6.45) is 0. The maximum Gasteiger partial charge on any atom is 0.244 e. The van der Waals surface area contributed by atoms with E-state index in [0.717, 1.165) is 23.1 Å². The van der Waals surface area contributed by atoms with Gasteiger partial charge in [-0.3, -0.25) is 14.5 Å². The Morgan fingerprint density at radius 1 is 1.35 bits per heavy atom. The number of thiophene rings is 1. The van der Waals surface area contributed by atoms with E-state index in [4.69, 9.17) is 12.2 Å². The van der Waals surface area contributed by atoms with Gasteiger partial charge in [-0.1, -0.05) is 6.07 Å². The Bertz CT molecular complexity index is 882. The summed E-state index contributed by atoms with van der Waals surface area (Å²) < 4.78 is 28.1. The van der Waals surface area contributed by atoms with Crippen LogP contribution in [0.4, 0.5) is 14.5 Å². The van der Waals surface area contributed by atoms with Crippen molar-refractivity contribution >= 4 is 35.1 Å². The van der Waals surface area contributed by atoms with Gasteiger partial charge in [-0.2, -0.15) is 5.10 Å². The van der Waals surface area contributed by atoms with Crippen LogP contribution in [0.2, 0.25) is 0 Å². The molecule has 2 N–H and O–H groups in total. The minimum Gasteiger partial charge on any atom is -0.324 e. The number of H-pyrrole nitrogens is 1. The number of rotatable bonds is 4. The van der Waals surface area contributed by atoms with Gasteiger partial charge in [0.25, 0.3) is 0 Å². The van der Waals surface area contributed by atoms with E-state index in [-0.39, 0.29) is 17.0 Å². The maximum absolute atomic E-state index is 13.1. The van der Waals surface area contributed by atoms with Crippen LogP contribution in [0.25, 0.3) is 10.7 Å². The number of anilines is 1. The van der Waals surface area contributed by atoms with Gasteiger partial charge in [-0.05, 0) is 35.8 Å². The number of carbonyl (C=O) groups excluding carboxylic acids is 1. The Balaban J connectivity index is 1.81. The van der Waals surface area contributed by atoms with Crippen molar-refractivity contribution in [2.45, 2.75) is 6.54 Å². The Labute approximate surface area is 138 Å². The fourth-order valence-corrected chi connectivity index (χ4v) is 2.95. The Morgan fingerprint density at radius 3 is 2.74 bits per heavy atom. The minimum absolute atomic E-state index is 0.0418. The van der Waals surface area contributed by atoms with Crippen molar-refractivity contribution in [1.82, 2.24) is 14.8 Å². The van der Waals surface area contributed by atoms with E-state index in [1.54, 1.807) is 0 Å². The normalized spacial score (nSPS) is 10.7. The number of nitrogens with one attached hydrogen (secondary N) is 2. The fourth-order valence-electron chi connectivity index (χ4n) is 2.03. The summed E-state index contributed by atoms with van der Waals surface area (Å²) >= 11 is 6.58. The van der Waals surface area contributed by atoms with Gasteiger partial charge in [-0.15, -0.1) is 11.3 Å². The van der Waals surface area contributed by atoms with Crippen molar-refractivity contribution in [3.05, 3.63) is 52.1 Å². The number of hydrogen-bond acceptors (Lipinski definition) is 4. The van der Waals surface area contributed by atoms with Crippen LogP contribution >= 0.6 is 23.6 Å². The predicted octanol–water partition coefficient (Wildman–Crippen LogP) is 3.59. The average Bonchev–Trinajstić information content (AvgIpc) is 3.08. The molecule has 1 aromatic carbocycles. The lowest BCUT2D eigenvalue weighted by Crippen LogP contribution is -2.19. The number of carbonyl (C=O) groups is 1. The molecule has 118 valence electrons. The van der Waals surface area contributed by atoms with Crippen molar-refractivity contribution < 1.29 is 13.6 Å². The number of halogens is 2. The highest BCUT2D eigenvalue weighted by molar-refractivity contribution is 7.71. The van der Waals surface area contributed by atoms with Crippen LogP contribution in [0.3, 0.4) is 0 Å². The highest BCUT2D eigenvalue weighted by Crippen LogP contribution is 2.22. The molecule has 0 saturated carbocycles. The van der Waals surface area contributed by atoms with E-state index in [1.807, 2.05) is 17.5 Å². The van der Waals surface area contributed by atoms with Crippen LogP contribution in [-0.4, -0.2) is 20.7 Å². The summed E-state index contributed by atoms with van der Waals surface area (Å²) in [7, 11) is 0. The second kappa shape index (κ2) is 6.39. The quantitative estimate of drug-likeness (QED) is 0.706. The van der Waals surface area contributed by atoms with Crippen LogP contribution < -0.4 is 5.32 Å². The summed E-state index contributed by atoms with van der Waals surface area (Å²) in [5, 5.41) is 11.1. The van der Waals surface area contributed by atoms with Gasteiger partial charge in [0, 0.05) is 11.8 Å². The molecule has 2 heterocycles. The summed E-state index contributed by atoms with van der Waals surface area (Å²) in [4.78, 5) is 13.0. The zero-order valence-corrected chi connectivity index (χ0v) is 13.2. The number of benzene rings is 1. The van der Waals surface area contributed by atoms with Crippen LogP contribution in [0, 0.1) is 16.4 Å². The highest BCUT2D eigenvalue weighted by Gasteiger charge is 2.13. The van der Waals surface area contributed by atoms with Crippen molar-refractivity contribution in [2.24, 2.45) is 0 Å². The van der Waals surface area contributed by atoms with Crippen molar-refractivity contribution in [3.63, 3.8) is 0 Å². The topological polar surface area (TPSA) is 62.7 Å². The molecule has 23 heavy (non-hydrogen) atoms. The molecule has 0 radical (unpaired) electrons. The Morgan fingerprint density at radius 2 is 2.09 bits per heavy atom. The minimum atomic E-state index is -0.764. The number of nitrogens with zero attached hydrogens (tertiary/aromatic N) is 2. The van der Waals surface area contributed by atoms with Gasteiger partial charge in [0.1, 0.15) is 18.2 Å². The molecule has 1 amide bonds. The van der Waals surface area contributed by atoms with Crippen molar-refractivity contribution in [2.75, 3.05) is 5.32 Å². The van der Waals surface area contributed by atoms with Gasteiger partial charge >= 0.3 is 0 Å². The number of aromatic nitrogens is 3. The smallest absolute Gasteiger partial charge is 0.244 e. The third-order valence-corrected chi connectivity index (χ3v) is 4.13. The van der Waals surface area contributed by atoms with Gasteiger partial charge < -0.3 is 5.32 Å². The molecule has 5 nitrogen and oxygen atoms in total. The van der Waals surface area contributed by atoms with Crippen LogP contribution in [0.15, 0.2) is 35.7 Å². The molecule has 0 atom stereocenters. The molecule has 0 aliphatic rings. The first-order chi connectivity index (χ1) is 11.0. The molecular weight excluding hydrogens is 342 g/mol. The SMILES string of the molecule is O=C(Cn1c(-c2cccs2)n[nH]c1=S)Nc1cc(F)cc(F)c1. The van der Waals surface area contributed by atoms with E-state index in [9.17, 15) is 13.6 Å². The zero-order valence-electron chi connectivity index (χ0n) is 11.5. The molecule has 3 aromatic rings. The molecular formula is C14H10F2N4OS2. The van der Waals surface area contributed by atoms with E-state index in [2.05, 4.69) is 15.5 Å². The van der Waals surface area contributed by atoms with Crippen LogP contribution in [0.1, 0.15) is 0 Å². The lowest BCUT2D eigenvalue weighted by molar-refractivity contribution is -0.116. The molecule has 0 aliphatic carbocycles. The number of amides is 1. The molecule has 3 rings (SSSR count). The van der Waals surface area contributed by atoms with Crippen LogP contribution in [-0.2, 0) is 11.3 Å². The maximum atomic E-state index is 13.1. The molecule has 9 heteroatoms. The molecule has 0 bridgehead atoms. The summed E-state index contributed by atoms with van der Waals surface area (Å²) in [6.45, 7) is -0.124. The Hall–Kier alpha value is -2.39. The van der Waals surface area contributed by atoms with Gasteiger partial charge in [0.15, 0.2) is 10.6 Å². The van der Waals surface area contributed by atoms with E-state index < -0.39 is 17.5 Å². The van der Waals surface area contributed by atoms with E-state index in [0.29, 0.717) is 5.82 Å². The first-order valence-corrected chi connectivity index (χ1v) is 7.77. The first kappa shape index (κ1) is 15.5. The van der Waals surface area contributed by atoms with E-state index in [1.165, 1.54) is 15.9 Å². The summed E-state index contributed by atoms with van der Waals surface area (Å²) in [6, 6.07) is 6.52. The second-order valence-corrected chi connectivity index (χ2v) is 5.96. The number of hydrogen-bond donors (Lipinski definition) is 2. The molecule has 2 aromatic heterocycles. The third kappa shape index (κ3) is 3.51. The second-order valence-electron chi connectivity index (χ2n) is 4.62. The average molecular weight is 352 g/mol. The predicted molar refractivity (Wildman–Crippen MR) is 85.7 cm³/mol. The van der Waals surface area contributed by atoms with Gasteiger partial charge in [-0.25, -0.2) is 8.78 Å². The van der Waals surface area contributed by atoms with E-state index >= 15 is 0 Å². The third-order valence-electron chi connectivity index (χ3n) is 2.95. The lowest BCUT2D eigenvalue weighted by Gasteiger charge is -2.08. The highest BCUT2D eigenvalue weighted by atomic mass is 32.1. The largest absolute Gasteiger partial charge is 0.324 e. The molecule has 0 aliphatic heterocycles. The zero-order chi connectivity index (χ0) is 16.4. The summed E-state index contributed by atoms with van der Waals surface area (Å²) in [5.74, 6) is -1.46. The lowest BCUT2D eigenvalue weighted by atomic mass is 10.3. The van der Waals surface area contributed by atoms with Crippen molar-refractivity contribution in [3.8, 4) is 10.7 Å². The molecule has 0 fully saturated rings. The summed E-state index contributed by atoms with van der Waals surface area (Å²) in [5.41, 5.74) is 0.0418. The molecule has 0 unspecified atom stereocenters. The van der Waals surface area contributed by atoms with Gasteiger partial charge in [0.05, 0.1) is 4.88 Å². The number of aromatic amines is 1. The molecule has 0 saturated heterocycles. The van der Waals surface area contributed by atoms with Gasteiger partial charge in [0.2, 0.25) is 5.91 Å². The van der Waals surface area contributed by atoms with Crippen LogP contribution in [0.5, 0.6) is 0 Å². The monoisotopic (exact) mass is 352 g/mol.